The Morgan fingerprint density at radius 1 is 1.09 bits per heavy atom. The Hall–Kier alpha value is 0.430. The summed E-state index contributed by atoms with van der Waals surface area (Å²) in [5.41, 5.74) is 1.19. The molecule has 2 aliphatic carbocycles. The maximum Gasteiger partial charge on any atom is -0.0212 e. The van der Waals surface area contributed by atoms with Crippen LogP contribution in [-0.2, 0) is 0 Å². The lowest BCUT2D eigenvalue weighted by Crippen LogP contribution is -2.21. The van der Waals surface area contributed by atoms with Gasteiger partial charge < -0.3 is 0 Å². The van der Waals surface area contributed by atoms with E-state index in [1.807, 2.05) is 0 Å². The zero-order valence-corrected chi connectivity index (χ0v) is 8.45. The first-order chi connectivity index (χ1) is 5.36. The van der Waals surface area contributed by atoms with Crippen molar-refractivity contribution in [2.24, 2.45) is 5.92 Å². The molecular formula is C10H19P. The SMILES string of the molecule is CP(CC1CCC1)C1CCC1. The quantitative estimate of drug-likeness (QED) is 0.569. The summed E-state index contributed by atoms with van der Waals surface area (Å²) in [4.78, 5) is 0. The summed E-state index contributed by atoms with van der Waals surface area (Å²) in [5, 5.41) is 0. The highest BCUT2D eigenvalue weighted by atomic mass is 31.1. The third-order valence-electron chi connectivity index (χ3n) is 3.47. The van der Waals surface area contributed by atoms with Gasteiger partial charge in [-0.15, -0.1) is 7.92 Å². The summed E-state index contributed by atoms with van der Waals surface area (Å²) in [7, 11) is 0.451. The molecule has 2 aliphatic rings. The molecule has 64 valence electrons. The van der Waals surface area contributed by atoms with Crippen molar-refractivity contribution < 1.29 is 0 Å². The highest BCUT2D eigenvalue weighted by Crippen LogP contribution is 2.51. The van der Waals surface area contributed by atoms with E-state index >= 15 is 0 Å². The van der Waals surface area contributed by atoms with E-state index in [0.717, 1.165) is 5.92 Å². The first kappa shape index (κ1) is 8.05. The van der Waals surface area contributed by atoms with Crippen molar-refractivity contribution in [1.29, 1.82) is 0 Å². The van der Waals surface area contributed by atoms with Gasteiger partial charge in [-0.2, -0.15) is 0 Å². The van der Waals surface area contributed by atoms with E-state index in [1.165, 1.54) is 18.5 Å². The molecule has 11 heavy (non-hydrogen) atoms. The van der Waals surface area contributed by atoms with Crippen molar-refractivity contribution in [3.05, 3.63) is 0 Å². The Kier molecular flexibility index (Phi) is 2.51. The van der Waals surface area contributed by atoms with Crippen LogP contribution in [0.1, 0.15) is 38.5 Å². The van der Waals surface area contributed by atoms with Crippen molar-refractivity contribution in [2.75, 3.05) is 12.8 Å². The van der Waals surface area contributed by atoms with E-state index in [2.05, 4.69) is 6.66 Å². The van der Waals surface area contributed by atoms with Crippen LogP contribution < -0.4 is 0 Å². The molecule has 0 aliphatic heterocycles. The molecule has 0 heterocycles. The fraction of sp³-hybridized carbons (Fsp3) is 1.00. The van der Waals surface area contributed by atoms with Crippen LogP contribution in [-0.4, -0.2) is 18.5 Å². The molecular weight excluding hydrogens is 151 g/mol. The minimum absolute atomic E-state index is 0.451. The predicted octanol–water partition coefficient (Wildman–Crippen LogP) is 3.45. The van der Waals surface area contributed by atoms with Crippen molar-refractivity contribution in [3.63, 3.8) is 0 Å². The lowest BCUT2D eigenvalue weighted by molar-refractivity contribution is 0.349. The average molecular weight is 170 g/mol. The Labute approximate surface area is 71.5 Å². The first-order valence-corrected chi connectivity index (χ1v) is 7.11. The minimum Gasteiger partial charge on any atom is -0.106 e. The van der Waals surface area contributed by atoms with E-state index in [4.69, 9.17) is 0 Å². The molecule has 1 heteroatoms. The Bertz CT molecular complexity index is 125. The fourth-order valence-corrected chi connectivity index (χ4v) is 4.78. The van der Waals surface area contributed by atoms with Gasteiger partial charge >= 0.3 is 0 Å². The molecule has 1 atom stereocenters. The summed E-state index contributed by atoms with van der Waals surface area (Å²) in [6.45, 7) is 2.54. The Morgan fingerprint density at radius 2 is 1.73 bits per heavy atom. The molecule has 0 aromatic rings. The van der Waals surface area contributed by atoms with Crippen molar-refractivity contribution in [1.82, 2.24) is 0 Å². The minimum atomic E-state index is 0.451. The second-order valence-electron chi connectivity index (χ2n) is 4.32. The van der Waals surface area contributed by atoms with Gasteiger partial charge in [0.15, 0.2) is 0 Å². The summed E-state index contributed by atoms with van der Waals surface area (Å²) in [6, 6.07) is 0. The number of hydrogen-bond acceptors (Lipinski definition) is 0. The van der Waals surface area contributed by atoms with Crippen LogP contribution in [0, 0.1) is 5.92 Å². The topological polar surface area (TPSA) is 0 Å². The van der Waals surface area contributed by atoms with Gasteiger partial charge in [-0.3, -0.25) is 0 Å². The summed E-state index contributed by atoms with van der Waals surface area (Å²) >= 11 is 0. The van der Waals surface area contributed by atoms with Gasteiger partial charge in [-0.05, 0) is 37.2 Å². The molecule has 2 saturated carbocycles. The molecule has 0 amide bonds. The molecule has 0 saturated heterocycles. The van der Waals surface area contributed by atoms with Crippen LogP contribution in [0.5, 0.6) is 0 Å². The largest absolute Gasteiger partial charge is 0.106 e. The smallest absolute Gasteiger partial charge is 0.0212 e. The monoisotopic (exact) mass is 170 g/mol. The average Bonchev–Trinajstić information content (AvgIpc) is 1.74. The highest BCUT2D eigenvalue weighted by molar-refractivity contribution is 7.57. The normalized spacial score (nSPS) is 29.2. The van der Waals surface area contributed by atoms with E-state index in [-0.39, 0.29) is 0 Å². The second-order valence-corrected chi connectivity index (χ2v) is 6.93. The third-order valence-corrected chi connectivity index (χ3v) is 6.32. The van der Waals surface area contributed by atoms with Gasteiger partial charge in [0.25, 0.3) is 0 Å². The Balaban J connectivity index is 1.67. The van der Waals surface area contributed by atoms with E-state index in [1.54, 1.807) is 31.8 Å². The van der Waals surface area contributed by atoms with Gasteiger partial charge in [-0.1, -0.05) is 25.7 Å². The van der Waals surface area contributed by atoms with Gasteiger partial charge in [-0.25, -0.2) is 0 Å². The zero-order valence-electron chi connectivity index (χ0n) is 7.55. The maximum atomic E-state index is 2.54. The maximum absolute atomic E-state index is 2.54. The predicted molar refractivity (Wildman–Crippen MR) is 52.7 cm³/mol. The summed E-state index contributed by atoms with van der Waals surface area (Å²) in [6.07, 6.45) is 10.9. The molecule has 1 unspecified atom stereocenters. The van der Waals surface area contributed by atoms with Crippen LogP contribution in [0.3, 0.4) is 0 Å². The lowest BCUT2D eigenvalue weighted by atomic mass is 9.87. The van der Waals surface area contributed by atoms with E-state index < -0.39 is 0 Å². The standard InChI is InChI=1S/C10H19P/c1-11(10-6-3-7-10)8-9-4-2-5-9/h9-10H,2-8H2,1H3. The summed E-state index contributed by atoms with van der Waals surface area (Å²) < 4.78 is 0. The van der Waals surface area contributed by atoms with Crippen LogP contribution in [0.4, 0.5) is 0 Å². The van der Waals surface area contributed by atoms with Crippen molar-refractivity contribution >= 4 is 7.92 Å². The fourth-order valence-electron chi connectivity index (χ4n) is 2.06. The molecule has 0 nitrogen and oxygen atoms in total. The van der Waals surface area contributed by atoms with Crippen molar-refractivity contribution in [2.45, 2.75) is 44.2 Å². The van der Waals surface area contributed by atoms with E-state index in [0.29, 0.717) is 7.92 Å². The number of rotatable bonds is 3. The highest BCUT2D eigenvalue weighted by Gasteiger charge is 2.27. The van der Waals surface area contributed by atoms with Crippen LogP contribution in [0.2, 0.25) is 0 Å². The van der Waals surface area contributed by atoms with Gasteiger partial charge in [0, 0.05) is 0 Å². The molecule has 2 fully saturated rings. The Morgan fingerprint density at radius 3 is 2.09 bits per heavy atom. The van der Waals surface area contributed by atoms with Gasteiger partial charge in [0.2, 0.25) is 0 Å². The molecule has 0 N–H and O–H groups in total. The first-order valence-electron chi connectivity index (χ1n) is 5.06. The molecule has 0 bridgehead atoms. The summed E-state index contributed by atoms with van der Waals surface area (Å²) in [5.74, 6) is 1.16. The second kappa shape index (κ2) is 3.44. The van der Waals surface area contributed by atoms with Crippen molar-refractivity contribution in [3.8, 4) is 0 Å². The van der Waals surface area contributed by atoms with Gasteiger partial charge in [0.1, 0.15) is 0 Å². The van der Waals surface area contributed by atoms with E-state index in [9.17, 15) is 0 Å². The molecule has 0 spiro atoms. The van der Waals surface area contributed by atoms with Crippen LogP contribution in [0.15, 0.2) is 0 Å². The molecule has 0 radical (unpaired) electrons. The third kappa shape index (κ3) is 1.78. The molecule has 0 aromatic carbocycles. The van der Waals surface area contributed by atoms with Crippen LogP contribution in [0.25, 0.3) is 0 Å². The lowest BCUT2D eigenvalue weighted by Gasteiger charge is -2.36. The number of hydrogen-bond donors (Lipinski definition) is 0. The van der Waals surface area contributed by atoms with Gasteiger partial charge in [0.05, 0.1) is 0 Å². The molecule has 0 aromatic heterocycles. The zero-order chi connectivity index (χ0) is 7.68. The molecule has 2 rings (SSSR count). The van der Waals surface area contributed by atoms with Crippen LogP contribution >= 0.6 is 7.92 Å².